The number of hydrogen-bond acceptors (Lipinski definition) is 5. The van der Waals surface area contributed by atoms with Gasteiger partial charge in [-0.15, -0.1) is 0 Å². The molecule has 0 bridgehead atoms. The van der Waals surface area contributed by atoms with Crippen molar-refractivity contribution in [3.63, 3.8) is 0 Å². The largest absolute Gasteiger partial charge is 0.407 e. The molecule has 0 spiro atoms. The number of rotatable bonds is 1. The minimum Gasteiger partial charge on any atom is -0.377 e. The molecule has 0 aliphatic heterocycles. The highest BCUT2D eigenvalue weighted by Gasteiger charge is 2.18. The smallest absolute Gasteiger partial charge is 0.377 e. The molecule has 0 aliphatic carbocycles. The van der Waals surface area contributed by atoms with E-state index in [1.807, 2.05) is 0 Å². The first-order chi connectivity index (χ1) is 7.49. The molecule has 2 aromatic rings. The zero-order chi connectivity index (χ0) is 11.9. The van der Waals surface area contributed by atoms with Crippen molar-refractivity contribution in [2.75, 3.05) is 5.73 Å². The summed E-state index contributed by atoms with van der Waals surface area (Å²) in [5.74, 6) is -0.748. The predicted molar refractivity (Wildman–Crippen MR) is 60.6 cm³/mol. The number of nitro groups is 1. The molecule has 0 amide bonds. The summed E-state index contributed by atoms with van der Waals surface area (Å²) in [6.07, 6.45) is 0. The SMILES string of the molecule is Nc1nc2cc(Cl)c(Cl)cc2nc1[N+](=O)[O-]. The topological polar surface area (TPSA) is 94.9 Å². The Morgan fingerprint density at radius 2 is 1.69 bits per heavy atom. The molecule has 0 fully saturated rings. The number of hydrogen-bond donors (Lipinski definition) is 1. The quantitative estimate of drug-likeness (QED) is 0.626. The van der Waals surface area contributed by atoms with Crippen LogP contribution in [0.3, 0.4) is 0 Å². The highest BCUT2D eigenvalue weighted by Crippen LogP contribution is 2.28. The maximum atomic E-state index is 10.6. The summed E-state index contributed by atoms with van der Waals surface area (Å²) in [5, 5.41) is 11.1. The second kappa shape index (κ2) is 3.73. The molecule has 0 unspecified atom stereocenters. The van der Waals surface area contributed by atoms with Gasteiger partial charge in [-0.3, -0.25) is 0 Å². The van der Waals surface area contributed by atoms with Gasteiger partial charge in [-0.05, 0) is 16.0 Å². The Labute approximate surface area is 99.2 Å². The van der Waals surface area contributed by atoms with Gasteiger partial charge in [0.05, 0.1) is 10.0 Å². The Bertz CT molecular complexity index is 602. The van der Waals surface area contributed by atoms with Gasteiger partial charge in [0, 0.05) is 6.07 Å². The Morgan fingerprint density at radius 3 is 2.19 bits per heavy atom. The Hall–Kier alpha value is -1.66. The van der Waals surface area contributed by atoms with E-state index in [1.165, 1.54) is 12.1 Å². The van der Waals surface area contributed by atoms with Crippen molar-refractivity contribution in [3.05, 3.63) is 32.3 Å². The number of nitrogens with two attached hydrogens (primary N) is 1. The van der Waals surface area contributed by atoms with Crippen LogP contribution in [-0.2, 0) is 0 Å². The number of anilines is 1. The van der Waals surface area contributed by atoms with Crippen molar-refractivity contribution < 1.29 is 4.92 Å². The molecule has 6 nitrogen and oxygen atoms in total. The first kappa shape index (κ1) is 10.8. The number of halogens is 2. The monoisotopic (exact) mass is 258 g/mol. The van der Waals surface area contributed by atoms with Crippen LogP contribution in [0.15, 0.2) is 12.1 Å². The van der Waals surface area contributed by atoms with Crippen LogP contribution in [-0.4, -0.2) is 14.9 Å². The average molecular weight is 259 g/mol. The fraction of sp³-hybridized carbons (Fsp3) is 0. The second-order valence-corrected chi connectivity index (χ2v) is 3.76. The van der Waals surface area contributed by atoms with E-state index in [9.17, 15) is 10.1 Å². The number of benzene rings is 1. The summed E-state index contributed by atoms with van der Waals surface area (Å²) in [7, 11) is 0. The van der Waals surface area contributed by atoms with Gasteiger partial charge in [0.25, 0.3) is 0 Å². The van der Waals surface area contributed by atoms with E-state index in [0.717, 1.165) is 0 Å². The molecule has 0 atom stereocenters. The van der Waals surface area contributed by atoms with Crippen molar-refractivity contribution in [3.8, 4) is 0 Å². The standard InChI is InChI=1S/C8H4Cl2N4O2/c9-3-1-5-6(2-4(3)10)13-8(14(15)16)7(11)12-5/h1-2H,(H2,11,12). The minimum absolute atomic E-state index is 0.252. The van der Waals surface area contributed by atoms with Crippen molar-refractivity contribution in [1.29, 1.82) is 0 Å². The van der Waals surface area contributed by atoms with Gasteiger partial charge in [-0.25, -0.2) is 4.98 Å². The Morgan fingerprint density at radius 1 is 1.19 bits per heavy atom. The van der Waals surface area contributed by atoms with Crippen molar-refractivity contribution in [2.45, 2.75) is 0 Å². The molecule has 0 saturated carbocycles. The molecule has 1 aromatic carbocycles. The van der Waals surface area contributed by atoms with Crippen molar-refractivity contribution >= 4 is 45.9 Å². The van der Waals surface area contributed by atoms with Gasteiger partial charge in [0.1, 0.15) is 5.52 Å². The zero-order valence-corrected chi connectivity index (χ0v) is 9.16. The van der Waals surface area contributed by atoms with Crippen LogP contribution >= 0.6 is 23.2 Å². The maximum absolute atomic E-state index is 10.6. The van der Waals surface area contributed by atoms with Crippen molar-refractivity contribution in [1.82, 2.24) is 9.97 Å². The number of fused-ring (bicyclic) bond motifs is 1. The van der Waals surface area contributed by atoms with Crippen LogP contribution in [0.2, 0.25) is 10.0 Å². The molecule has 8 heteroatoms. The summed E-state index contributed by atoms with van der Waals surface area (Å²) >= 11 is 11.5. The molecule has 0 radical (unpaired) electrons. The van der Waals surface area contributed by atoms with E-state index >= 15 is 0 Å². The lowest BCUT2D eigenvalue weighted by atomic mass is 10.3. The first-order valence-electron chi connectivity index (χ1n) is 4.05. The summed E-state index contributed by atoms with van der Waals surface area (Å²) in [6, 6.07) is 2.85. The van der Waals surface area contributed by atoms with Gasteiger partial charge in [0.15, 0.2) is 0 Å². The number of nitrogen functional groups attached to an aromatic ring is 1. The molecule has 0 aliphatic rings. The summed E-state index contributed by atoms with van der Waals surface area (Å²) in [5.41, 5.74) is 6.02. The van der Waals surface area contributed by atoms with Crippen LogP contribution in [0, 0.1) is 10.1 Å². The number of nitrogens with zero attached hydrogens (tertiary/aromatic N) is 3. The molecular weight excluding hydrogens is 255 g/mol. The second-order valence-electron chi connectivity index (χ2n) is 2.94. The molecule has 16 heavy (non-hydrogen) atoms. The van der Waals surface area contributed by atoms with E-state index in [4.69, 9.17) is 28.9 Å². The van der Waals surface area contributed by atoms with Crippen LogP contribution in [0.1, 0.15) is 0 Å². The van der Waals surface area contributed by atoms with E-state index < -0.39 is 10.7 Å². The van der Waals surface area contributed by atoms with Gasteiger partial charge in [-0.1, -0.05) is 23.2 Å². The fourth-order valence-electron chi connectivity index (χ4n) is 1.19. The van der Waals surface area contributed by atoms with Crippen LogP contribution in [0.25, 0.3) is 11.0 Å². The third kappa shape index (κ3) is 1.72. The highest BCUT2D eigenvalue weighted by molar-refractivity contribution is 6.42. The molecule has 1 aromatic heterocycles. The van der Waals surface area contributed by atoms with E-state index in [0.29, 0.717) is 5.52 Å². The zero-order valence-electron chi connectivity index (χ0n) is 7.65. The molecule has 2 N–H and O–H groups in total. The van der Waals surface area contributed by atoms with Crippen LogP contribution in [0.4, 0.5) is 11.6 Å². The highest BCUT2D eigenvalue weighted by atomic mass is 35.5. The summed E-state index contributed by atoms with van der Waals surface area (Å²) in [4.78, 5) is 17.5. The Balaban J connectivity index is 2.79. The minimum atomic E-state index is -0.704. The van der Waals surface area contributed by atoms with E-state index in [-0.39, 0.29) is 21.4 Å². The third-order valence-electron chi connectivity index (χ3n) is 1.89. The lowest BCUT2D eigenvalue weighted by Gasteiger charge is -1.99. The van der Waals surface area contributed by atoms with Crippen molar-refractivity contribution in [2.24, 2.45) is 0 Å². The fourth-order valence-corrected chi connectivity index (χ4v) is 1.51. The molecular formula is C8H4Cl2N4O2. The van der Waals surface area contributed by atoms with Gasteiger partial charge in [0.2, 0.25) is 11.3 Å². The van der Waals surface area contributed by atoms with E-state index in [1.54, 1.807) is 0 Å². The molecule has 0 saturated heterocycles. The normalized spacial score (nSPS) is 10.6. The third-order valence-corrected chi connectivity index (χ3v) is 2.61. The molecule has 2 rings (SSSR count). The van der Waals surface area contributed by atoms with Gasteiger partial charge >= 0.3 is 5.82 Å². The molecule has 82 valence electrons. The first-order valence-corrected chi connectivity index (χ1v) is 4.81. The maximum Gasteiger partial charge on any atom is 0.407 e. The number of aromatic nitrogens is 2. The molecule has 1 heterocycles. The van der Waals surface area contributed by atoms with E-state index in [2.05, 4.69) is 9.97 Å². The average Bonchev–Trinajstić information content (AvgIpc) is 2.19. The lowest BCUT2D eigenvalue weighted by molar-refractivity contribution is -0.388. The van der Waals surface area contributed by atoms with Crippen LogP contribution in [0.5, 0.6) is 0 Å². The summed E-state index contributed by atoms with van der Waals surface area (Å²) < 4.78 is 0. The predicted octanol–water partition coefficient (Wildman–Crippen LogP) is 2.43. The van der Waals surface area contributed by atoms with Crippen LogP contribution < -0.4 is 5.73 Å². The summed E-state index contributed by atoms with van der Waals surface area (Å²) in [6.45, 7) is 0. The van der Waals surface area contributed by atoms with Gasteiger partial charge in [-0.2, -0.15) is 0 Å². The van der Waals surface area contributed by atoms with Gasteiger partial charge < -0.3 is 15.8 Å². The lowest BCUT2D eigenvalue weighted by Crippen LogP contribution is -2.01. The Kier molecular flexibility index (Phi) is 2.53.